The van der Waals surface area contributed by atoms with Gasteiger partial charge in [0.2, 0.25) is 11.7 Å². The Morgan fingerprint density at radius 2 is 2.19 bits per heavy atom. The minimum Gasteiger partial charge on any atom is -0.497 e. The third-order valence-corrected chi connectivity index (χ3v) is 2.99. The third-order valence-electron chi connectivity index (χ3n) is 2.99. The van der Waals surface area contributed by atoms with Gasteiger partial charge in [-0.05, 0) is 19.5 Å². The molecule has 8 heteroatoms. The topological polar surface area (TPSA) is 117 Å². The summed E-state index contributed by atoms with van der Waals surface area (Å²) >= 11 is 0. The largest absolute Gasteiger partial charge is 0.497 e. The lowest BCUT2D eigenvalue weighted by molar-refractivity contribution is -0.385. The van der Waals surface area contributed by atoms with E-state index in [1.165, 1.54) is 25.3 Å². The van der Waals surface area contributed by atoms with Crippen LogP contribution in [0.4, 0.5) is 5.69 Å². The molecule has 116 valence electrons. The van der Waals surface area contributed by atoms with Gasteiger partial charge in [0.25, 0.3) is 0 Å². The molecule has 0 bridgehead atoms. The number of rotatable bonds is 8. The number of nitrogens with one attached hydrogen (secondary N) is 1. The lowest BCUT2D eigenvalue weighted by Gasteiger charge is -2.26. The molecule has 0 heterocycles. The monoisotopic (exact) mass is 297 g/mol. The minimum absolute atomic E-state index is 0.0183. The van der Waals surface area contributed by atoms with Gasteiger partial charge in [-0.3, -0.25) is 14.9 Å². The highest BCUT2D eigenvalue weighted by Crippen LogP contribution is 2.31. The second-order valence-electron chi connectivity index (χ2n) is 4.61. The van der Waals surface area contributed by atoms with Crippen molar-refractivity contribution in [3.8, 4) is 11.5 Å². The molecule has 1 unspecified atom stereocenters. The number of nitrogens with zero attached hydrogens (tertiary/aromatic N) is 1. The van der Waals surface area contributed by atoms with Crippen LogP contribution in [0.15, 0.2) is 18.2 Å². The summed E-state index contributed by atoms with van der Waals surface area (Å²) < 4.78 is 10.4. The molecule has 0 aliphatic carbocycles. The average Bonchev–Trinajstić information content (AvgIpc) is 2.44. The summed E-state index contributed by atoms with van der Waals surface area (Å²) in [6.07, 6.45) is 0. The van der Waals surface area contributed by atoms with Crippen molar-refractivity contribution in [2.24, 2.45) is 5.73 Å². The first-order chi connectivity index (χ1) is 9.84. The van der Waals surface area contributed by atoms with Crippen molar-refractivity contribution in [2.45, 2.75) is 19.4 Å². The van der Waals surface area contributed by atoms with Crippen LogP contribution in [0.5, 0.6) is 11.5 Å². The number of amides is 1. The molecule has 1 atom stereocenters. The molecule has 0 radical (unpaired) electrons. The smallest absolute Gasteiger partial charge is 0.311 e. The molecule has 1 amide bonds. The summed E-state index contributed by atoms with van der Waals surface area (Å²) in [5.41, 5.74) is 4.01. The van der Waals surface area contributed by atoms with Gasteiger partial charge in [-0.15, -0.1) is 0 Å². The van der Waals surface area contributed by atoms with Gasteiger partial charge < -0.3 is 20.5 Å². The number of nitro groups is 1. The first-order valence-corrected chi connectivity index (χ1v) is 6.34. The number of carbonyl (C=O) groups excluding carboxylic acids is 1. The van der Waals surface area contributed by atoms with E-state index in [9.17, 15) is 14.9 Å². The molecular weight excluding hydrogens is 278 g/mol. The van der Waals surface area contributed by atoms with Gasteiger partial charge >= 0.3 is 5.69 Å². The summed E-state index contributed by atoms with van der Waals surface area (Å²) in [4.78, 5) is 21.9. The second kappa shape index (κ2) is 6.89. The Balaban J connectivity index is 3.00. The molecule has 0 aliphatic heterocycles. The van der Waals surface area contributed by atoms with Crippen molar-refractivity contribution in [1.82, 2.24) is 5.32 Å². The number of primary amides is 1. The number of ether oxygens (including phenoxy) is 2. The third kappa shape index (κ3) is 4.06. The number of benzene rings is 1. The van der Waals surface area contributed by atoms with E-state index in [1.54, 1.807) is 6.92 Å². The first-order valence-electron chi connectivity index (χ1n) is 6.34. The van der Waals surface area contributed by atoms with Crippen molar-refractivity contribution in [2.75, 3.05) is 20.3 Å². The zero-order valence-corrected chi connectivity index (χ0v) is 12.2. The molecule has 0 saturated carbocycles. The Morgan fingerprint density at radius 1 is 1.52 bits per heavy atom. The van der Waals surface area contributed by atoms with Gasteiger partial charge in [-0.2, -0.15) is 0 Å². The highest BCUT2D eigenvalue weighted by Gasteiger charge is 2.32. The van der Waals surface area contributed by atoms with Crippen LogP contribution in [-0.2, 0) is 4.79 Å². The van der Waals surface area contributed by atoms with E-state index in [0.717, 1.165) is 0 Å². The van der Waals surface area contributed by atoms with Gasteiger partial charge in [-0.25, -0.2) is 0 Å². The molecule has 1 rings (SSSR count). The van der Waals surface area contributed by atoms with Crippen molar-refractivity contribution in [3.05, 3.63) is 28.3 Å². The van der Waals surface area contributed by atoms with Crippen LogP contribution in [0.25, 0.3) is 0 Å². The summed E-state index contributed by atoms with van der Waals surface area (Å²) in [5.74, 6) is -0.167. The Bertz CT molecular complexity index is 535. The highest BCUT2D eigenvalue weighted by atomic mass is 16.6. The predicted molar refractivity (Wildman–Crippen MR) is 76.4 cm³/mol. The van der Waals surface area contributed by atoms with Crippen LogP contribution in [0.1, 0.15) is 13.8 Å². The van der Waals surface area contributed by atoms with E-state index in [4.69, 9.17) is 15.2 Å². The quantitative estimate of drug-likeness (QED) is 0.542. The standard InChI is InChI=1S/C13H19N3O5/c1-4-15-13(2,12(14)17)8-21-11-7-9(20-3)5-6-10(11)16(18)19/h5-7,15H,4,8H2,1-3H3,(H2,14,17). The molecule has 0 saturated heterocycles. The first kappa shape index (κ1) is 16.7. The molecule has 0 spiro atoms. The van der Waals surface area contributed by atoms with Gasteiger partial charge in [0.15, 0.2) is 0 Å². The Kier molecular flexibility index (Phi) is 5.48. The number of methoxy groups -OCH3 is 1. The van der Waals surface area contributed by atoms with E-state index in [0.29, 0.717) is 12.3 Å². The molecule has 8 nitrogen and oxygen atoms in total. The number of nitro benzene ring substituents is 1. The summed E-state index contributed by atoms with van der Waals surface area (Å²) in [7, 11) is 1.44. The van der Waals surface area contributed by atoms with E-state index >= 15 is 0 Å². The van der Waals surface area contributed by atoms with E-state index < -0.39 is 16.4 Å². The van der Waals surface area contributed by atoms with Crippen LogP contribution >= 0.6 is 0 Å². The van der Waals surface area contributed by atoms with Gasteiger partial charge in [0, 0.05) is 12.1 Å². The van der Waals surface area contributed by atoms with Gasteiger partial charge in [0.05, 0.1) is 12.0 Å². The van der Waals surface area contributed by atoms with Crippen LogP contribution in [0, 0.1) is 10.1 Å². The number of likely N-dealkylation sites (N-methyl/N-ethyl adjacent to an activating group) is 1. The van der Waals surface area contributed by atoms with E-state index in [-0.39, 0.29) is 18.0 Å². The minimum atomic E-state index is -1.12. The van der Waals surface area contributed by atoms with Gasteiger partial charge in [-0.1, -0.05) is 6.92 Å². The molecule has 3 N–H and O–H groups in total. The van der Waals surface area contributed by atoms with Crippen LogP contribution in [0.3, 0.4) is 0 Å². The fraction of sp³-hybridized carbons (Fsp3) is 0.462. The number of nitrogens with two attached hydrogens (primary N) is 1. The summed E-state index contributed by atoms with van der Waals surface area (Å²) in [6.45, 7) is 3.76. The van der Waals surface area contributed by atoms with Crippen LogP contribution in [0.2, 0.25) is 0 Å². The van der Waals surface area contributed by atoms with Crippen molar-refractivity contribution >= 4 is 11.6 Å². The Hall–Kier alpha value is -2.35. The number of hydrogen-bond donors (Lipinski definition) is 2. The fourth-order valence-electron chi connectivity index (χ4n) is 1.71. The predicted octanol–water partition coefficient (Wildman–Crippen LogP) is 0.836. The maximum absolute atomic E-state index is 11.5. The highest BCUT2D eigenvalue weighted by molar-refractivity contribution is 5.84. The number of hydrogen-bond acceptors (Lipinski definition) is 6. The Morgan fingerprint density at radius 3 is 2.67 bits per heavy atom. The van der Waals surface area contributed by atoms with E-state index in [2.05, 4.69) is 5.32 Å². The molecule has 1 aromatic carbocycles. The summed E-state index contributed by atoms with van der Waals surface area (Å²) in [5, 5.41) is 13.9. The normalized spacial score (nSPS) is 13.3. The van der Waals surface area contributed by atoms with E-state index in [1.807, 2.05) is 6.92 Å². The zero-order chi connectivity index (χ0) is 16.0. The molecule has 21 heavy (non-hydrogen) atoms. The van der Waals surface area contributed by atoms with Crippen molar-refractivity contribution in [3.63, 3.8) is 0 Å². The average molecular weight is 297 g/mol. The molecule has 0 aliphatic rings. The second-order valence-corrected chi connectivity index (χ2v) is 4.61. The fourth-order valence-corrected chi connectivity index (χ4v) is 1.71. The maximum Gasteiger partial charge on any atom is 0.311 e. The molecule has 0 aromatic heterocycles. The van der Waals surface area contributed by atoms with Crippen LogP contribution < -0.4 is 20.5 Å². The van der Waals surface area contributed by atoms with Gasteiger partial charge in [0.1, 0.15) is 17.9 Å². The molecule has 0 fully saturated rings. The molecule has 1 aromatic rings. The zero-order valence-electron chi connectivity index (χ0n) is 12.2. The SMILES string of the molecule is CCNC(C)(COc1cc(OC)ccc1[N+](=O)[O-])C(N)=O. The number of carbonyl (C=O) groups is 1. The molecular formula is C13H19N3O5. The van der Waals surface area contributed by atoms with Crippen LogP contribution in [-0.4, -0.2) is 36.6 Å². The lowest BCUT2D eigenvalue weighted by Crippen LogP contribution is -2.57. The van der Waals surface area contributed by atoms with Crippen molar-refractivity contribution < 1.29 is 19.2 Å². The summed E-state index contributed by atoms with van der Waals surface area (Å²) in [6, 6.07) is 4.14. The lowest BCUT2D eigenvalue weighted by atomic mass is 10.0. The Labute approximate surface area is 122 Å². The maximum atomic E-state index is 11.5. The van der Waals surface area contributed by atoms with Crippen molar-refractivity contribution in [1.29, 1.82) is 0 Å².